The van der Waals surface area contributed by atoms with E-state index in [2.05, 4.69) is 15.9 Å². The standard InChI is InChI=1S/C8H7BrN2S/c9-5-2-1-4-3-6(10)12-8(4)7(5)11/h1-3H,10-11H2. The number of thiophene rings is 1. The van der Waals surface area contributed by atoms with Crippen LogP contribution in [0.5, 0.6) is 0 Å². The van der Waals surface area contributed by atoms with Crippen molar-refractivity contribution < 1.29 is 0 Å². The Labute approximate surface area is 82.3 Å². The number of rotatable bonds is 0. The first kappa shape index (κ1) is 7.89. The van der Waals surface area contributed by atoms with Gasteiger partial charge >= 0.3 is 0 Å². The molecule has 2 rings (SSSR count). The minimum absolute atomic E-state index is 0.772. The van der Waals surface area contributed by atoms with E-state index in [4.69, 9.17) is 11.5 Å². The number of anilines is 2. The predicted molar refractivity (Wildman–Crippen MR) is 58.3 cm³/mol. The molecule has 0 unspecified atom stereocenters. The molecule has 2 aromatic rings. The molecule has 0 spiro atoms. The summed E-state index contributed by atoms with van der Waals surface area (Å²) in [4.78, 5) is 0. The molecule has 0 aliphatic heterocycles. The van der Waals surface area contributed by atoms with Crippen LogP contribution in [0.3, 0.4) is 0 Å². The van der Waals surface area contributed by atoms with Gasteiger partial charge in [-0.05, 0) is 33.4 Å². The van der Waals surface area contributed by atoms with Crippen molar-refractivity contribution >= 4 is 48.0 Å². The molecule has 1 aromatic carbocycles. The van der Waals surface area contributed by atoms with Crippen LogP contribution in [0.15, 0.2) is 22.7 Å². The minimum Gasteiger partial charge on any atom is -0.397 e. The SMILES string of the molecule is Nc1cc2ccc(Br)c(N)c2s1. The number of hydrogen-bond donors (Lipinski definition) is 2. The zero-order valence-corrected chi connectivity index (χ0v) is 8.58. The summed E-state index contributed by atoms with van der Waals surface area (Å²) in [5, 5.41) is 1.91. The van der Waals surface area contributed by atoms with Crippen LogP contribution in [0.2, 0.25) is 0 Å². The van der Waals surface area contributed by atoms with E-state index >= 15 is 0 Å². The molecular weight excluding hydrogens is 236 g/mol. The maximum Gasteiger partial charge on any atom is 0.0869 e. The lowest BCUT2D eigenvalue weighted by Crippen LogP contribution is -1.84. The van der Waals surface area contributed by atoms with Crippen molar-refractivity contribution in [1.29, 1.82) is 0 Å². The highest BCUT2D eigenvalue weighted by atomic mass is 79.9. The number of halogens is 1. The van der Waals surface area contributed by atoms with Gasteiger partial charge in [0.15, 0.2) is 0 Å². The van der Waals surface area contributed by atoms with Crippen LogP contribution in [0.25, 0.3) is 10.1 Å². The fourth-order valence-corrected chi connectivity index (χ4v) is 2.47. The largest absolute Gasteiger partial charge is 0.397 e. The van der Waals surface area contributed by atoms with Gasteiger partial charge in [-0.3, -0.25) is 0 Å². The summed E-state index contributed by atoms with van der Waals surface area (Å²) in [5.74, 6) is 0. The van der Waals surface area contributed by atoms with Crippen molar-refractivity contribution in [2.24, 2.45) is 0 Å². The van der Waals surface area contributed by atoms with Crippen molar-refractivity contribution in [3.63, 3.8) is 0 Å². The minimum atomic E-state index is 0.772. The molecule has 0 aliphatic carbocycles. The molecule has 2 nitrogen and oxygen atoms in total. The van der Waals surface area contributed by atoms with E-state index in [1.54, 1.807) is 0 Å². The maximum atomic E-state index is 5.84. The highest BCUT2D eigenvalue weighted by Crippen LogP contribution is 2.35. The van der Waals surface area contributed by atoms with E-state index < -0.39 is 0 Å². The first-order chi connectivity index (χ1) is 5.68. The van der Waals surface area contributed by atoms with Crippen LogP contribution >= 0.6 is 27.3 Å². The molecule has 1 heterocycles. The lowest BCUT2D eigenvalue weighted by Gasteiger charge is -1.97. The van der Waals surface area contributed by atoms with E-state index in [1.807, 2.05) is 18.2 Å². The predicted octanol–water partition coefficient (Wildman–Crippen LogP) is 2.83. The van der Waals surface area contributed by atoms with E-state index in [0.29, 0.717) is 0 Å². The zero-order chi connectivity index (χ0) is 8.72. The summed E-state index contributed by atoms with van der Waals surface area (Å²) >= 11 is 4.88. The van der Waals surface area contributed by atoms with Gasteiger partial charge in [0.2, 0.25) is 0 Å². The summed E-state index contributed by atoms with van der Waals surface area (Å²) in [6.45, 7) is 0. The van der Waals surface area contributed by atoms with Crippen LogP contribution in [-0.2, 0) is 0 Å². The van der Waals surface area contributed by atoms with Crippen molar-refractivity contribution in [2.45, 2.75) is 0 Å². The molecule has 0 saturated carbocycles. The molecule has 62 valence electrons. The van der Waals surface area contributed by atoms with Crippen molar-refractivity contribution in [2.75, 3.05) is 11.5 Å². The summed E-state index contributed by atoms with van der Waals surface area (Å²) in [6.07, 6.45) is 0. The first-order valence-corrected chi connectivity index (χ1v) is 5.02. The maximum absolute atomic E-state index is 5.84. The van der Waals surface area contributed by atoms with Gasteiger partial charge in [0.05, 0.1) is 15.4 Å². The molecular formula is C8H7BrN2S. The summed E-state index contributed by atoms with van der Waals surface area (Å²) in [7, 11) is 0. The van der Waals surface area contributed by atoms with Gasteiger partial charge in [0.1, 0.15) is 0 Å². The molecule has 4 heteroatoms. The van der Waals surface area contributed by atoms with Gasteiger partial charge in [0.25, 0.3) is 0 Å². The lowest BCUT2D eigenvalue weighted by atomic mass is 10.2. The van der Waals surface area contributed by atoms with Crippen molar-refractivity contribution in [1.82, 2.24) is 0 Å². The van der Waals surface area contributed by atoms with Crippen LogP contribution in [0.1, 0.15) is 0 Å². The van der Waals surface area contributed by atoms with Gasteiger partial charge in [-0.25, -0.2) is 0 Å². The fourth-order valence-electron chi connectivity index (χ4n) is 1.12. The Morgan fingerprint density at radius 3 is 2.75 bits per heavy atom. The molecule has 0 fully saturated rings. The molecule has 0 bridgehead atoms. The summed E-state index contributed by atoms with van der Waals surface area (Å²) in [5.41, 5.74) is 12.3. The van der Waals surface area contributed by atoms with Gasteiger partial charge in [-0.2, -0.15) is 0 Å². The Balaban J connectivity index is 2.89. The molecule has 0 saturated heterocycles. The van der Waals surface area contributed by atoms with E-state index in [-0.39, 0.29) is 0 Å². The smallest absolute Gasteiger partial charge is 0.0869 e. The fraction of sp³-hybridized carbons (Fsp3) is 0. The zero-order valence-electron chi connectivity index (χ0n) is 6.17. The van der Waals surface area contributed by atoms with Crippen LogP contribution in [-0.4, -0.2) is 0 Å². The van der Waals surface area contributed by atoms with E-state index in [1.165, 1.54) is 11.3 Å². The molecule has 0 amide bonds. The monoisotopic (exact) mass is 242 g/mol. The van der Waals surface area contributed by atoms with Gasteiger partial charge in [0, 0.05) is 4.47 Å². The van der Waals surface area contributed by atoms with Gasteiger partial charge in [-0.1, -0.05) is 6.07 Å². The lowest BCUT2D eigenvalue weighted by molar-refractivity contribution is 1.73. The number of nitrogens with two attached hydrogens (primary N) is 2. The van der Waals surface area contributed by atoms with Crippen LogP contribution in [0.4, 0.5) is 10.7 Å². The Bertz CT molecular complexity index is 436. The summed E-state index contributed by atoms with van der Waals surface area (Å²) in [6, 6.07) is 5.87. The first-order valence-electron chi connectivity index (χ1n) is 3.41. The molecule has 4 N–H and O–H groups in total. The van der Waals surface area contributed by atoms with Crippen LogP contribution < -0.4 is 11.5 Å². The third-order valence-corrected chi connectivity index (χ3v) is 3.40. The summed E-state index contributed by atoms with van der Waals surface area (Å²) < 4.78 is 1.98. The second-order valence-electron chi connectivity index (χ2n) is 2.53. The highest BCUT2D eigenvalue weighted by molar-refractivity contribution is 9.10. The van der Waals surface area contributed by atoms with E-state index in [0.717, 1.165) is 25.2 Å². The average molecular weight is 243 g/mol. The average Bonchev–Trinajstić information content (AvgIpc) is 2.39. The van der Waals surface area contributed by atoms with Crippen molar-refractivity contribution in [3.05, 3.63) is 22.7 Å². The van der Waals surface area contributed by atoms with Gasteiger partial charge in [-0.15, -0.1) is 11.3 Å². The molecule has 0 aliphatic rings. The third kappa shape index (κ3) is 1.07. The number of benzene rings is 1. The number of nitrogen functional groups attached to an aromatic ring is 2. The molecule has 0 atom stereocenters. The topological polar surface area (TPSA) is 52.0 Å². The highest BCUT2D eigenvalue weighted by Gasteiger charge is 2.04. The quantitative estimate of drug-likeness (QED) is 0.699. The Morgan fingerprint density at radius 1 is 1.25 bits per heavy atom. The van der Waals surface area contributed by atoms with Gasteiger partial charge < -0.3 is 11.5 Å². The van der Waals surface area contributed by atoms with E-state index in [9.17, 15) is 0 Å². The third-order valence-electron chi connectivity index (χ3n) is 1.69. The Morgan fingerprint density at radius 2 is 2.00 bits per heavy atom. The number of fused-ring (bicyclic) bond motifs is 1. The second kappa shape index (κ2) is 2.64. The molecule has 12 heavy (non-hydrogen) atoms. The Kier molecular flexibility index (Phi) is 1.73. The number of hydrogen-bond acceptors (Lipinski definition) is 3. The van der Waals surface area contributed by atoms with Crippen LogP contribution in [0, 0.1) is 0 Å². The van der Waals surface area contributed by atoms with Crippen molar-refractivity contribution in [3.8, 4) is 0 Å². The Hall–Kier alpha value is -0.740. The normalized spacial score (nSPS) is 10.8. The second-order valence-corrected chi connectivity index (χ2v) is 4.47. The molecule has 1 aromatic heterocycles. The molecule has 0 radical (unpaired) electrons.